The van der Waals surface area contributed by atoms with E-state index in [1.54, 1.807) is 0 Å². The van der Waals surface area contributed by atoms with Crippen LogP contribution < -0.4 is 10.5 Å². The summed E-state index contributed by atoms with van der Waals surface area (Å²) in [5.74, 6) is 2.12. The van der Waals surface area contributed by atoms with Gasteiger partial charge in [0.1, 0.15) is 5.75 Å². The lowest BCUT2D eigenvalue weighted by atomic mass is 9.67. The van der Waals surface area contributed by atoms with E-state index in [9.17, 15) is 5.11 Å². The van der Waals surface area contributed by atoms with Gasteiger partial charge in [0.2, 0.25) is 0 Å². The van der Waals surface area contributed by atoms with Crippen molar-refractivity contribution >= 4 is 0 Å². The van der Waals surface area contributed by atoms with E-state index in [4.69, 9.17) is 10.5 Å². The first-order valence-electron chi connectivity index (χ1n) is 8.23. The molecular formula is C18H27NO2. The summed E-state index contributed by atoms with van der Waals surface area (Å²) in [4.78, 5) is 0. The lowest BCUT2D eigenvalue weighted by Gasteiger charge is -2.45. The Morgan fingerprint density at radius 2 is 2.00 bits per heavy atom. The molecule has 1 aromatic carbocycles. The minimum absolute atomic E-state index is 0.320. The number of aliphatic hydroxyl groups is 1. The lowest BCUT2D eigenvalue weighted by Crippen LogP contribution is -2.53. The first-order valence-corrected chi connectivity index (χ1v) is 8.23. The third-order valence-electron chi connectivity index (χ3n) is 5.57. The second-order valence-electron chi connectivity index (χ2n) is 7.10. The number of para-hydroxylation sites is 1. The van der Waals surface area contributed by atoms with Crippen molar-refractivity contribution in [2.75, 3.05) is 13.2 Å². The van der Waals surface area contributed by atoms with Crippen LogP contribution >= 0.6 is 0 Å². The van der Waals surface area contributed by atoms with Gasteiger partial charge in [-0.3, -0.25) is 0 Å². The summed E-state index contributed by atoms with van der Waals surface area (Å²) in [5, 5.41) is 11.0. The Morgan fingerprint density at radius 1 is 1.29 bits per heavy atom. The number of nitrogens with two attached hydrogens (primary N) is 1. The number of rotatable bonds is 3. The van der Waals surface area contributed by atoms with Crippen LogP contribution in [0.4, 0.5) is 0 Å². The summed E-state index contributed by atoms with van der Waals surface area (Å²) >= 11 is 0. The molecule has 1 fully saturated rings. The van der Waals surface area contributed by atoms with Gasteiger partial charge in [-0.05, 0) is 42.7 Å². The molecule has 0 spiro atoms. The Hall–Kier alpha value is -1.06. The van der Waals surface area contributed by atoms with E-state index in [0.29, 0.717) is 19.1 Å². The normalized spacial score (nSPS) is 33.9. The van der Waals surface area contributed by atoms with E-state index in [2.05, 4.69) is 13.0 Å². The van der Waals surface area contributed by atoms with Crippen LogP contribution in [0, 0.1) is 17.3 Å². The average molecular weight is 289 g/mol. The second-order valence-corrected chi connectivity index (χ2v) is 7.10. The van der Waals surface area contributed by atoms with E-state index in [0.717, 1.165) is 30.9 Å². The van der Waals surface area contributed by atoms with Gasteiger partial charge in [-0.15, -0.1) is 0 Å². The fourth-order valence-corrected chi connectivity index (χ4v) is 3.99. The van der Waals surface area contributed by atoms with Crippen molar-refractivity contribution in [3.8, 4) is 5.75 Å². The highest BCUT2D eigenvalue weighted by molar-refractivity contribution is 5.36. The minimum Gasteiger partial charge on any atom is -0.493 e. The number of hydrogen-bond donors (Lipinski definition) is 2. The summed E-state index contributed by atoms with van der Waals surface area (Å²) in [7, 11) is 0. The first kappa shape index (κ1) is 14.9. The lowest BCUT2D eigenvalue weighted by molar-refractivity contribution is -0.0595. The van der Waals surface area contributed by atoms with Gasteiger partial charge in [-0.25, -0.2) is 0 Å². The molecule has 3 rings (SSSR count). The smallest absolute Gasteiger partial charge is 0.122 e. The van der Waals surface area contributed by atoms with Gasteiger partial charge in [-0.2, -0.15) is 0 Å². The zero-order chi connectivity index (χ0) is 14.9. The van der Waals surface area contributed by atoms with Crippen molar-refractivity contribution in [3.05, 3.63) is 29.8 Å². The number of fused-ring (bicyclic) bond motifs is 1. The molecule has 2 unspecified atom stereocenters. The Labute approximate surface area is 127 Å². The first-order chi connectivity index (χ1) is 10.1. The number of benzene rings is 1. The SMILES string of the molecule is CC1CCC(C(O)C2(CN)COc3ccccc3C2)CC1. The number of hydrogen-bond acceptors (Lipinski definition) is 3. The molecule has 1 aliphatic heterocycles. The molecule has 1 saturated carbocycles. The van der Waals surface area contributed by atoms with Crippen LogP contribution in [-0.4, -0.2) is 24.4 Å². The zero-order valence-electron chi connectivity index (χ0n) is 12.9. The quantitative estimate of drug-likeness (QED) is 0.899. The van der Waals surface area contributed by atoms with Gasteiger partial charge in [0, 0.05) is 12.0 Å². The predicted molar refractivity (Wildman–Crippen MR) is 84.3 cm³/mol. The van der Waals surface area contributed by atoms with Crippen LogP contribution in [-0.2, 0) is 6.42 Å². The molecule has 0 saturated heterocycles. The summed E-state index contributed by atoms with van der Waals surface area (Å²) in [6, 6.07) is 8.12. The molecule has 0 bridgehead atoms. The predicted octanol–water partition coefficient (Wildman–Crippen LogP) is 2.75. The molecule has 116 valence electrons. The summed E-state index contributed by atoms with van der Waals surface area (Å²) in [5.41, 5.74) is 6.95. The summed E-state index contributed by atoms with van der Waals surface area (Å²) in [6.07, 6.45) is 5.15. The molecule has 1 aliphatic carbocycles. The molecule has 0 aromatic heterocycles. The van der Waals surface area contributed by atoms with E-state index in [1.807, 2.05) is 18.2 Å². The number of ether oxygens (including phenoxy) is 1. The van der Waals surface area contributed by atoms with Crippen LogP contribution in [0.2, 0.25) is 0 Å². The summed E-state index contributed by atoms with van der Waals surface area (Å²) in [6.45, 7) is 3.32. The van der Waals surface area contributed by atoms with Gasteiger partial charge in [0.15, 0.2) is 0 Å². The minimum atomic E-state index is -0.358. The van der Waals surface area contributed by atoms with Gasteiger partial charge in [-0.1, -0.05) is 38.0 Å². The molecule has 21 heavy (non-hydrogen) atoms. The molecule has 2 atom stereocenters. The van der Waals surface area contributed by atoms with E-state index in [1.165, 1.54) is 18.4 Å². The van der Waals surface area contributed by atoms with Crippen molar-refractivity contribution in [1.29, 1.82) is 0 Å². The molecular weight excluding hydrogens is 262 g/mol. The van der Waals surface area contributed by atoms with Gasteiger partial charge < -0.3 is 15.6 Å². The van der Waals surface area contributed by atoms with Crippen LogP contribution in [0.5, 0.6) is 5.75 Å². The van der Waals surface area contributed by atoms with E-state index >= 15 is 0 Å². The molecule has 1 aromatic rings. The monoisotopic (exact) mass is 289 g/mol. The maximum Gasteiger partial charge on any atom is 0.122 e. The maximum absolute atomic E-state index is 11.0. The van der Waals surface area contributed by atoms with Crippen molar-refractivity contribution in [2.24, 2.45) is 23.0 Å². The van der Waals surface area contributed by atoms with Crippen molar-refractivity contribution in [1.82, 2.24) is 0 Å². The molecule has 3 N–H and O–H groups in total. The third kappa shape index (κ3) is 2.82. The fraction of sp³-hybridized carbons (Fsp3) is 0.667. The fourth-order valence-electron chi connectivity index (χ4n) is 3.99. The zero-order valence-corrected chi connectivity index (χ0v) is 12.9. The molecule has 0 amide bonds. The molecule has 3 heteroatoms. The van der Waals surface area contributed by atoms with Crippen LogP contribution in [0.3, 0.4) is 0 Å². The molecule has 0 radical (unpaired) electrons. The standard InChI is InChI=1S/C18H27NO2/c1-13-6-8-14(9-7-13)17(20)18(11-19)10-15-4-2-3-5-16(15)21-12-18/h2-5,13-14,17,20H,6-12,19H2,1H3. The number of aliphatic hydroxyl groups excluding tert-OH is 1. The molecule has 1 heterocycles. The highest BCUT2D eigenvalue weighted by Gasteiger charge is 2.45. The van der Waals surface area contributed by atoms with Crippen LogP contribution in [0.25, 0.3) is 0 Å². The van der Waals surface area contributed by atoms with Crippen molar-refractivity contribution in [3.63, 3.8) is 0 Å². The van der Waals surface area contributed by atoms with E-state index < -0.39 is 0 Å². The van der Waals surface area contributed by atoms with Gasteiger partial charge >= 0.3 is 0 Å². The Balaban J connectivity index is 1.78. The summed E-state index contributed by atoms with van der Waals surface area (Å²) < 4.78 is 5.92. The molecule has 3 nitrogen and oxygen atoms in total. The second kappa shape index (κ2) is 5.98. The average Bonchev–Trinajstić information content (AvgIpc) is 2.54. The van der Waals surface area contributed by atoms with Gasteiger partial charge in [0.25, 0.3) is 0 Å². The Kier molecular flexibility index (Phi) is 4.23. The third-order valence-corrected chi connectivity index (χ3v) is 5.57. The maximum atomic E-state index is 11.0. The van der Waals surface area contributed by atoms with Crippen molar-refractivity contribution in [2.45, 2.75) is 45.1 Å². The van der Waals surface area contributed by atoms with Crippen LogP contribution in [0.15, 0.2) is 24.3 Å². The van der Waals surface area contributed by atoms with Crippen LogP contribution in [0.1, 0.15) is 38.2 Å². The Bertz CT molecular complexity index is 482. The Morgan fingerprint density at radius 3 is 2.71 bits per heavy atom. The topological polar surface area (TPSA) is 55.5 Å². The van der Waals surface area contributed by atoms with E-state index in [-0.39, 0.29) is 11.5 Å². The highest BCUT2D eigenvalue weighted by atomic mass is 16.5. The van der Waals surface area contributed by atoms with Gasteiger partial charge in [0.05, 0.1) is 12.7 Å². The largest absolute Gasteiger partial charge is 0.493 e. The highest BCUT2D eigenvalue weighted by Crippen LogP contribution is 2.42. The molecule has 2 aliphatic rings. The van der Waals surface area contributed by atoms with Crippen molar-refractivity contribution < 1.29 is 9.84 Å².